The maximum absolute atomic E-state index is 11.4. The predicted octanol–water partition coefficient (Wildman–Crippen LogP) is 1.22. The van der Waals surface area contributed by atoms with Crippen molar-refractivity contribution < 1.29 is 19.4 Å². The van der Waals surface area contributed by atoms with Crippen molar-refractivity contribution in [3.63, 3.8) is 0 Å². The predicted molar refractivity (Wildman–Crippen MR) is 51.5 cm³/mol. The number of carboxylic acids is 1. The van der Waals surface area contributed by atoms with E-state index in [1.165, 1.54) is 0 Å². The molecule has 2 rings (SSSR count). The molecule has 0 aromatic heterocycles. The number of carboxylic acid groups (broad SMARTS) is 1. The first kappa shape index (κ1) is 10.3. The topological polar surface area (TPSA) is 66.8 Å². The Morgan fingerprint density at radius 3 is 2.80 bits per heavy atom. The third-order valence-electron chi connectivity index (χ3n) is 3.16. The van der Waals surface area contributed by atoms with E-state index in [1.807, 2.05) is 0 Å². The summed E-state index contributed by atoms with van der Waals surface area (Å²) in [5.41, 5.74) is 0. The second-order valence-corrected chi connectivity index (χ2v) is 4.16. The van der Waals surface area contributed by atoms with E-state index in [0.29, 0.717) is 19.1 Å². The smallest absolute Gasteiger partial charge is 0.410 e. The molecular weight excluding hydrogens is 198 g/mol. The van der Waals surface area contributed by atoms with Gasteiger partial charge in [-0.2, -0.15) is 0 Å². The zero-order valence-electron chi connectivity index (χ0n) is 8.52. The molecule has 0 radical (unpaired) electrons. The first-order chi connectivity index (χ1) is 7.18. The third kappa shape index (κ3) is 2.06. The van der Waals surface area contributed by atoms with Crippen molar-refractivity contribution in [1.29, 1.82) is 0 Å². The van der Waals surface area contributed by atoms with Crippen LogP contribution in [0.5, 0.6) is 0 Å². The van der Waals surface area contributed by atoms with Crippen molar-refractivity contribution in [1.82, 2.24) is 4.90 Å². The molecule has 1 saturated heterocycles. The van der Waals surface area contributed by atoms with Crippen LogP contribution in [0.4, 0.5) is 4.79 Å². The summed E-state index contributed by atoms with van der Waals surface area (Å²) in [6.45, 7) is 0.350. The number of hydrogen-bond donors (Lipinski definition) is 1. The van der Waals surface area contributed by atoms with E-state index in [9.17, 15) is 9.59 Å². The number of hydrogen-bond acceptors (Lipinski definition) is 3. The maximum Gasteiger partial charge on any atom is 0.410 e. The normalized spacial score (nSPS) is 26.3. The minimum absolute atomic E-state index is 0.0288. The average molecular weight is 213 g/mol. The molecule has 1 aliphatic heterocycles. The summed E-state index contributed by atoms with van der Waals surface area (Å²) >= 11 is 0. The van der Waals surface area contributed by atoms with E-state index in [0.717, 1.165) is 19.3 Å². The second kappa shape index (κ2) is 4.08. The first-order valence-corrected chi connectivity index (χ1v) is 5.35. The van der Waals surface area contributed by atoms with Crippen LogP contribution in [0, 0.1) is 0 Å². The molecule has 1 atom stereocenters. The summed E-state index contributed by atoms with van der Waals surface area (Å²) in [5.74, 6) is -0.817. The van der Waals surface area contributed by atoms with Crippen LogP contribution < -0.4 is 0 Å². The van der Waals surface area contributed by atoms with E-state index in [1.54, 1.807) is 4.90 Å². The molecule has 2 fully saturated rings. The lowest BCUT2D eigenvalue weighted by Gasteiger charge is -2.36. The van der Waals surface area contributed by atoms with Gasteiger partial charge in [0.15, 0.2) is 0 Å². The van der Waals surface area contributed by atoms with Crippen LogP contribution in [-0.4, -0.2) is 40.8 Å². The summed E-state index contributed by atoms with van der Waals surface area (Å²) in [7, 11) is 0. The van der Waals surface area contributed by atoms with E-state index >= 15 is 0 Å². The van der Waals surface area contributed by atoms with Crippen molar-refractivity contribution >= 4 is 12.1 Å². The highest BCUT2D eigenvalue weighted by Crippen LogP contribution is 2.31. The molecule has 1 heterocycles. The number of cyclic esters (lactones) is 1. The van der Waals surface area contributed by atoms with Gasteiger partial charge < -0.3 is 9.84 Å². The van der Waals surface area contributed by atoms with Gasteiger partial charge in [-0.25, -0.2) is 4.79 Å². The van der Waals surface area contributed by atoms with Gasteiger partial charge in [0.1, 0.15) is 6.61 Å². The van der Waals surface area contributed by atoms with E-state index in [2.05, 4.69) is 0 Å². The molecule has 1 unspecified atom stereocenters. The highest BCUT2D eigenvalue weighted by Gasteiger charge is 2.40. The molecule has 0 bridgehead atoms. The zero-order chi connectivity index (χ0) is 10.8. The average Bonchev–Trinajstić information content (AvgIpc) is 2.43. The van der Waals surface area contributed by atoms with Crippen LogP contribution in [0.25, 0.3) is 0 Å². The lowest BCUT2D eigenvalue weighted by Crippen LogP contribution is -2.45. The van der Waals surface area contributed by atoms with Crippen molar-refractivity contribution in [3.05, 3.63) is 0 Å². The SMILES string of the molecule is O=C(O)CCC1COC(=O)N1C1CCC1. The lowest BCUT2D eigenvalue weighted by atomic mass is 9.90. The number of carbonyl (C=O) groups is 2. The minimum Gasteiger partial charge on any atom is -0.481 e. The van der Waals surface area contributed by atoms with Crippen molar-refractivity contribution in [3.8, 4) is 0 Å². The number of nitrogens with zero attached hydrogens (tertiary/aromatic N) is 1. The van der Waals surface area contributed by atoms with Gasteiger partial charge in [0, 0.05) is 12.5 Å². The zero-order valence-corrected chi connectivity index (χ0v) is 8.52. The Hall–Kier alpha value is -1.26. The van der Waals surface area contributed by atoms with Gasteiger partial charge in [-0.1, -0.05) is 0 Å². The van der Waals surface area contributed by atoms with Crippen LogP contribution in [0.2, 0.25) is 0 Å². The number of amides is 1. The van der Waals surface area contributed by atoms with Gasteiger partial charge in [0.05, 0.1) is 6.04 Å². The van der Waals surface area contributed by atoms with Gasteiger partial charge in [0.2, 0.25) is 0 Å². The fourth-order valence-corrected chi connectivity index (χ4v) is 2.10. The van der Waals surface area contributed by atoms with Crippen LogP contribution in [-0.2, 0) is 9.53 Å². The van der Waals surface area contributed by atoms with Crippen LogP contribution in [0.15, 0.2) is 0 Å². The standard InChI is InChI=1S/C10H15NO4/c12-9(13)5-4-8-6-15-10(14)11(8)7-2-1-3-7/h7-8H,1-6H2,(H,12,13). The third-order valence-corrected chi connectivity index (χ3v) is 3.16. The lowest BCUT2D eigenvalue weighted by molar-refractivity contribution is -0.137. The molecule has 0 aromatic rings. The number of carbonyl (C=O) groups excluding carboxylic acids is 1. The Kier molecular flexibility index (Phi) is 2.79. The van der Waals surface area contributed by atoms with Gasteiger partial charge in [-0.05, 0) is 25.7 Å². The van der Waals surface area contributed by atoms with Crippen LogP contribution in [0.1, 0.15) is 32.1 Å². The Labute approximate surface area is 88.0 Å². The Morgan fingerprint density at radius 1 is 1.53 bits per heavy atom. The van der Waals surface area contributed by atoms with Crippen LogP contribution in [0.3, 0.4) is 0 Å². The summed E-state index contributed by atoms with van der Waals surface area (Å²) in [5, 5.41) is 8.59. The van der Waals surface area contributed by atoms with E-state index < -0.39 is 5.97 Å². The summed E-state index contributed by atoms with van der Waals surface area (Å²) in [6.07, 6.45) is 3.54. The Balaban J connectivity index is 1.91. The molecule has 5 heteroatoms. The monoisotopic (exact) mass is 213 g/mol. The molecule has 2 aliphatic rings. The van der Waals surface area contributed by atoms with E-state index in [-0.39, 0.29) is 18.6 Å². The van der Waals surface area contributed by atoms with Gasteiger partial charge in [-0.3, -0.25) is 9.69 Å². The first-order valence-electron chi connectivity index (χ1n) is 5.35. The van der Waals surface area contributed by atoms with Crippen molar-refractivity contribution in [2.75, 3.05) is 6.61 Å². The van der Waals surface area contributed by atoms with Crippen molar-refractivity contribution in [2.45, 2.75) is 44.2 Å². The van der Waals surface area contributed by atoms with Crippen LogP contribution >= 0.6 is 0 Å². The van der Waals surface area contributed by atoms with Crippen molar-refractivity contribution in [2.24, 2.45) is 0 Å². The Morgan fingerprint density at radius 2 is 2.27 bits per heavy atom. The summed E-state index contributed by atoms with van der Waals surface area (Å²) in [4.78, 5) is 23.6. The largest absolute Gasteiger partial charge is 0.481 e. The van der Waals surface area contributed by atoms with Gasteiger partial charge in [-0.15, -0.1) is 0 Å². The molecule has 1 amide bonds. The molecule has 1 saturated carbocycles. The summed E-state index contributed by atoms with van der Waals surface area (Å²) < 4.78 is 4.96. The van der Waals surface area contributed by atoms with Gasteiger partial charge >= 0.3 is 12.1 Å². The highest BCUT2D eigenvalue weighted by molar-refractivity contribution is 5.71. The molecule has 15 heavy (non-hydrogen) atoms. The molecule has 5 nitrogen and oxygen atoms in total. The fraction of sp³-hybridized carbons (Fsp3) is 0.800. The fourth-order valence-electron chi connectivity index (χ4n) is 2.10. The molecule has 0 aromatic carbocycles. The molecule has 84 valence electrons. The highest BCUT2D eigenvalue weighted by atomic mass is 16.6. The quantitative estimate of drug-likeness (QED) is 0.762. The molecule has 1 aliphatic carbocycles. The number of rotatable bonds is 4. The Bertz CT molecular complexity index is 275. The van der Waals surface area contributed by atoms with E-state index in [4.69, 9.17) is 9.84 Å². The van der Waals surface area contributed by atoms with Gasteiger partial charge in [0.25, 0.3) is 0 Å². The number of aliphatic carboxylic acids is 1. The second-order valence-electron chi connectivity index (χ2n) is 4.16. The maximum atomic E-state index is 11.4. The number of ether oxygens (including phenoxy) is 1. The molecule has 0 spiro atoms. The molecule has 1 N–H and O–H groups in total. The minimum atomic E-state index is -0.817. The molecular formula is C10H15NO4. The summed E-state index contributed by atoms with van der Waals surface area (Å²) in [6, 6.07) is 0.262.